The second-order valence-electron chi connectivity index (χ2n) is 6.54. The third-order valence-electron chi connectivity index (χ3n) is 4.30. The van der Waals surface area contributed by atoms with Crippen LogP contribution in [0, 0.1) is 13.8 Å². The van der Waals surface area contributed by atoms with Gasteiger partial charge >= 0.3 is 0 Å². The highest BCUT2D eigenvalue weighted by atomic mass is 32.2. The first-order valence-corrected chi connectivity index (χ1v) is 9.48. The maximum absolute atomic E-state index is 11.8. The lowest BCUT2D eigenvalue weighted by atomic mass is 10.1. The quantitative estimate of drug-likeness (QED) is 0.769. The van der Waals surface area contributed by atoms with Gasteiger partial charge in [-0.2, -0.15) is 0 Å². The highest BCUT2D eigenvalue weighted by Gasteiger charge is 2.24. The summed E-state index contributed by atoms with van der Waals surface area (Å²) in [6, 6.07) is 6.43. The topological polar surface area (TPSA) is 69.0 Å². The maximum atomic E-state index is 11.8. The molecule has 25 heavy (non-hydrogen) atoms. The molecule has 0 spiro atoms. The summed E-state index contributed by atoms with van der Waals surface area (Å²) < 4.78 is 7.89. The van der Waals surface area contributed by atoms with E-state index in [4.69, 9.17) is 4.74 Å². The summed E-state index contributed by atoms with van der Waals surface area (Å²) in [6.07, 6.45) is 1.96. The molecule has 0 saturated heterocycles. The Balaban J connectivity index is 1.60. The van der Waals surface area contributed by atoms with Crippen LogP contribution >= 0.6 is 11.8 Å². The molecule has 0 radical (unpaired) electrons. The van der Waals surface area contributed by atoms with Crippen molar-refractivity contribution in [2.24, 2.45) is 7.05 Å². The van der Waals surface area contributed by atoms with Crippen molar-refractivity contribution < 1.29 is 9.53 Å². The lowest BCUT2D eigenvalue weighted by molar-refractivity contribution is -0.118. The monoisotopic (exact) mass is 360 g/mol. The molecular formula is C18H24N4O2S. The molecule has 1 saturated carbocycles. The van der Waals surface area contributed by atoms with Gasteiger partial charge < -0.3 is 14.6 Å². The van der Waals surface area contributed by atoms with Crippen LogP contribution in [0.2, 0.25) is 0 Å². The molecule has 3 rings (SSSR count). The summed E-state index contributed by atoms with van der Waals surface area (Å²) in [7, 11) is 1.90. The van der Waals surface area contributed by atoms with Crippen molar-refractivity contribution in [2.45, 2.75) is 50.9 Å². The van der Waals surface area contributed by atoms with Gasteiger partial charge in [0.15, 0.2) is 17.1 Å². The minimum Gasteiger partial charge on any atom is -0.483 e. The molecule has 0 bridgehead atoms. The van der Waals surface area contributed by atoms with Crippen LogP contribution < -0.4 is 10.1 Å². The summed E-state index contributed by atoms with van der Waals surface area (Å²) in [5, 5.41) is 12.1. The average Bonchev–Trinajstić information content (AvgIpc) is 3.30. The maximum Gasteiger partial charge on any atom is 0.230 e. The average molecular weight is 360 g/mol. The number of rotatable bonds is 7. The van der Waals surface area contributed by atoms with Crippen molar-refractivity contribution in [1.29, 1.82) is 0 Å². The number of aryl methyl sites for hydroxylation is 2. The number of nitrogens with zero attached hydrogens (tertiary/aromatic N) is 3. The summed E-state index contributed by atoms with van der Waals surface area (Å²) in [6.45, 7) is 6.10. The minimum atomic E-state index is -0.228. The van der Waals surface area contributed by atoms with E-state index in [0.717, 1.165) is 29.6 Å². The van der Waals surface area contributed by atoms with Crippen LogP contribution in [0.1, 0.15) is 42.8 Å². The third kappa shape index (κ3) is 4.54. The molecular weight excluding hydrogens is 336 g/mol. The number of nitrogens with one attached hydrogen (secondary N) is 1. The summed E-state index contributed by atoms with van der Waals surface area (Å²) in [5.41, 5.74) is 2.43. The normalized spacial score (nSPS) is 15.0. The Morgan fingerprint density at radius 2 is 2.12 bits per heavy atom. The van der Waals surface area contributed by atoms with Crippen molar-refractivity contribution in [3.05, 3.63) is 35.2 Å². The molecule has 1 atom stereocenters. The van der Waals surface area contributed by atoms with E-state index in [-0.39, 0.29) is 12.0 Å². The van der Waals surface area contributed by atoms with E-state index in [2.05, 4.69) is 29.4 Å². The van der Waals surface area contributed by atoms with Crippen LogP contribution in [0.25, 0.3) is 0 Å². The zero-order valence-corrected chi connectivity index (χ0v) is 15.9. The Morgan fingerprint density at radius 1 is 1.36 bits per heavy atom. The largest absolute Gasteiger partial charge is 0.483 e. The molecule has 1 heterocycles. The molecule has 1 aromatic heterocycles. The van der Waals surface area contributed by atoms with Crippen molar-refractivity contribution in [3.8, 4) is 5.75 Å². The second kappa shape index (κ2) is 7.47. The number of carbonyl (C=O) groups is 1. The standard InChI is InChI=1S/C18H24N4O2S/c1-11-5-8-15(9-12(11)2)24-13(3)17-20-21-18(22(17)4)25-10-16(23)19-14-6-7-14/h5,8-9,13-14H,6-7,10H2,1-4H3,(H,19,23). The van der Waals surface area contributed by atoms with Gasteiger partial charge in [0, 0.05) is 13.1 Å². The van der Waals surface area contributed by atoms with Gasteiger partial charge in [-0.15, -0.1) is 10.2 Å². The van der Waals surface area contributed by atoms with Crippen molar-refractivity contribution >= 4 is 17.7 Å². The third-order valence-corrected chi connectivity index (χ3v) is 5.32. The van der Waals surface area contributed by atoms with Gasteiger partial charge in [0.1, 0.15) is 5.75 Å². The lowest BCUT2D eigenvalue weighted by Gasteiger charge is -2.15. The molecule has 2 aromatic rings. The molecule has 1 amide bonds. The van der Waals surface area contributed by atoms with E-state index >= 15 is 0 Å². The number of benzene rings is 1. The van der Waals surface area contributed by atoms with Gasteiger partial charge in [-0.3, -0.25) is 4.79 Å². The number of hydrogen-bond donors (Lipinski definition) is 1. The van der Waals surface area contributed by atoms with Gasteiger partial charge in [0.25, 0.3) is 0 Å². The molecule has 1 aliphatic rings. The van der Waals surface area contributed by atoms with Gasteiger partial charge in [-0.1, -0.05) is 17.8 Å². The van der Waals surface area contributed by atoms with E-state index in [1.165, 1.54) is 22.9 Å². The van der Waals surface area contributed by atoms with Crippen LogP contribution in [-0.4, -0.2) is 32.5 Å². The van der Waals surface area contributed by atoms with Crippen molar-refractivity contribution in [3.63, 3.8) is 0 Å². The Bertz CT molecular complexity index is 770. The molecule has 1 aliphatic carbocycles. The van der Waals surface area contributed by atoms with Crippen molar-refractivity contribution in [2.75, 3.05) is 5.75 Å². The smallest absolute Gasteiger partial charge is 0.230 e. The van der Waals surface area contributed by atoms with Crippen LogP contribution in [-0.2, 0) is 11.8 Å². The van der Waals surface area contributed by atoms with Gasteiger partial charge in [-0.25, -0.2) is 0 Å². The zero-order valence-electron chi connectivity index (χ0n) is 15.1. The zero-order chi connectivity index (χ0) is 18.0. The van der Waals surface area contributed by atoms with E-state index in [0.29, 0.717) is 11.8 Å². The van der Waals surface area contributed by atoms with Crippen molar-refractivity contribution in [1.82, 2.24) is 20.1 Å². The predicted molar refractivity (Wildman–Crippen MR) is 97.9 cm³/mol. The predicted octanol–water partition coefficient (Wildman–Crippen LogP) is 2.94. The molecule has 1 fully saturated rings. The minimum absolute atomic E-state index is 0.0523. The highest BCUT2D eigenvalue weighted by Crippen LogP contribution is 2.25. The van der Waals surface area contributed by atoms with Crippen LogP contribution in [0.5, 0.6) is 5.75 Å². The van der Waals surface area contributed by atoms with Crippen LogP contribution in [0.15, 0.2) is 23.4 Å². The number of thioether (sulfide) groups is 1. The number of hydrogen-bond acceptors (Lipinski definition) is 5. The summed E-state index contributed by atoms with van der Waals surface area (Å²) in [4.78, 5) is 11.8. The van der Waals surface area contributed by atoms with Crippen LogP contribution in [0.3, 0.4) is 0 Å². The van der Waals surface area contributed by atoms with Gasteiger partial charge in [0.05, 0.1) is 5.75 Å². The van der Waals surface area contributed by atoms with Crippen LogP contribution in [0.4, 0.5) is 0 Å². The Kier molecular flexibility index (Phi) is 5.32. The second-order valence-corrected chi connectivity index (χ2v) is 7.48. The first kappa shape index (κ1) is 17.8. The fourth-order valence-corrected chi connectivity index (χ4v) is 3.21. The Hall–Kier alpha value is -2.02. The van der Waals surface area contributed by atoms with E-state index < -0.39 is 0 Å². The Morgan fingerprint density at radius 3 is 2.80 bits per heavy atom. The fraction of sp³-hybridized carbons (Fsp3) is 0.500. The first-order chi connectivity index (χ1) is 11.9. The number of aromatic nitrogens is 3. The highest BCUT2D eigenvalue weighted by molar-refractivity contribution is 7.99. The van der Waals surface area contributed by atoms with Gasteiger partial charge in [0.2, 0.25) is 5.91 Å². The molecule has 7 heteroatoms. The van der Waals surface area contributed by atoms with E-state index in [1.807, 2.05) is 36.7 Å². The fourth-order valence-electron chi connectivity index (χ4n) is 2.48. The molecule has 1 unspecified atom stereocenters. The molecule has 134 valence electrons. The lowest BCUT2D eigenvalue weighted by Crippen LogP contribution is -2.27. The molecule has 1 N–H and O–H groups in total. The van der Waals surface area contributed by atoms with E-state index in [9.17, 15) is 4.79 Å². The van der Waals surface area contributed by atoms with E-state index in [1.54, 1.807) is 0 Å². The number of ether oxygens (including phenoxy) is 1. The first-order valence-electron chi connectivity index (χ1n) is 8.49. The summed E-state index contributed by atoms with van der Waals surface area (Å²) in [5.74, 6) is 1.96. The number of amides is 1. The SMILES string of the molecule is Cc1ccc(OC(C)c2nnc(SCC(=O)NC3CC3)n2C)cc1C. The molecule has 0 aliphatic heterocycles. The number of carbonyl (C=O) groups excluding carboxylic acids is 1. The molecule has 6 nitrogen and oxygen atoms in total. The molecule has 1 aromatic carbocycles. The van der Waals surface area contributed by atoms with Gasteiger partial charge in [-0.05, 0) is 56.9 Å². The summed E-state index contributed by atoms with van der Waals surface area (Å²) >= 11 is 1.40. The Labute approximate surface area is 152 Å².